The van der Waals surface area contributed by atoms with E-state index in [1.165, 1.54) is 6.07 Å². The van der Waals surface area contributed by atoms with Crippen LogP contribution in [0.2, 0.25) is 0 Å². The van der Waals surface area contributed by atoms with Gasteiger partial charge in [-0.2, -0.15) is 0 Å². The van der Waals surface area contributed by atoms with Gasteiger partial charge in [-0.1, -0.05) is 19.8 Å². The van der Waals surface area contributed by atoms with Gasteiger partial charge in [0.2, 0.25) is 0 Å². The van der Waals surface area contributed by atoms with Crippen molar-refractivity contribution in [3.8, 4) is 22.8 Å². The van der Waals surface area contributed by atoms with Gasteiger partial charge >= 0.3 is 5.97 Å². The molecule has 0 radical (unpaired) electrons. The minimum Gasteiger partial charge on any atom is -0.497 e. The number of carbonyl (C=O) groups excluding carboxylic acids is 1. The Kier molecular flexibility index (Phi) is 6.89. The Morgan fingerprint density at radius 2 is 1.76 bits per heavy atom. The lowest BCUT2D eigenvalue weighted by atomic mass is 10.1. The van der Waals surface area contributed by atoms with Gasteiger partial charge in [-0.05, 0) is 48.9 Å². The molecule has 6 heteroatoms. The summed E-state index contributed by atoms with van der Waals surface area (Å²) in [5, 5.41) is 0.385. The van der Waals surface area contributed by atoms with Crippen molar-refractivity contribution in [2.45, 2.75) is 26.2 Å². The molecule has 0 aliphatic heterocycles. The van der Waals surface area contributed by atoms with Gasteiger partial charge in [0.25, 0.3) is 0 Å². The van der Waals surface area contributed by atoms with Crippen molar-refractivity contribution in [2.24, 2.45) is 0 Å². The predicted octanol–water partition coefficient (Wildman–Crippen LogP) is 4.58. The van der Waals surface area contributed by atoms with Gasteiger partial charge in [0.05, 0.1) is 19.1 Å². The van der Waals surface area contributed by atoms with E-state index in [1.807, 2.05) is 12.1 Å². The third-order valence-electron chi connectivity index (χ3n) is 4.44. The van der Waals surface area contributed by atoms with Crippen molar-refractivity contribution in [1.29, 1.82) is 0 Å². The lowest BCUT2D eigenvalue weighted by Gasteiger charge is -2.08. The number of hydrogen-bond donors (Lipinski definition) is 0. The monoisotopic (exact) mass is 396 g/mol. The van der Waals surface area contributed by atoms with E-state index in [2.05, 4.69) is 6.92 Å². The quantitative estimate of drug-likeness (QED) is 0.389. The van der Waals surface area contributed by atoms with E-state index in [-0.39, 0.29) is 12.0 Å². The van der Waals surface area contributed by atoms with Crippen LogP contribution in [0.25, 0.3) is 22.3 Å². The summed E-state index contributed by atoms with van der Waals surface area (Å²) in [6, 6.07) is 13.6. The summed E-state index contributed by atoms with van der Waals surface area (Å²) in [7, 11) is 1.59. The highest BCUT2D eigenvalue weighted by Gasteiger charge is 2.10. The Labute approximate surface area is 169 Å². The first-order valence-corrected chi connectivity index (χ1v) is 9.61. The fourth-order valence-corrected chi connectivity index (χ4v) is 2.84. The highest BCUT2D eigenvalue weighted by Crippen LogP contribution is 2.26. The Morgan fingerprint density at radius 1 is 1.00 bits per heavy atom. The fourth-order valence-electron chi connectivity index (χ4n) is 2.84. The first-order valence-electron chi connectivity index (χ1n) is 9.61. The average molecular weight is 396 g/mol. The van der Waals surface area contributed by atoms with Crippen LogP contribution in [-0.2, 0) is 9.53 Å². The number of unbranched alkanes of at least 4 members (excludes halogenated alkanes) is 2. The molecule has 0 saturated heterocycles. The summed E-state index contributed by atoms with van der Waals surface area (Å²) in [5.41, 5.74) is 1.03. The number of carbonyl (C=O) groups is 1. The molecule has 29 heavy (non-hydrogen) atoms. The van der Waals surface area contributed by atoms with Crippen LogP contribution in [0.1, 0.15) is 26.2 Å². The zero-order valence-electron chi connectivity index (χ0n) is 16.6. The van der Waals surface area contributed by atoms with Crippen molar-refractivity contribution in [2.75, 3.05) is 20.3 Å². The van der Waals surface area contributed by atoms with Crippen LogP contribution >= 0.6 is 0 Å². The van der Waals surface area contributed by atoms with Gasteiger partial charge in [0, 0.05) is 11.6 Å². The minimum atomic E-state index is -0.428. The summed E-state index contributed by atoms with van der Waals surface area (Å²) in [5.74, 6) is 1.17. The van der Waals surface area contributed by atoms with Crippen LogP contribution < -0.4 is 14.9 Å². The number of methoxy groups -OCH3 is 1. The van der Waals surface area contributed by atoms with Crippen LogP contribution in [0.3, 0.4) is 0 Å². The van der Waals surface area contributed by atoms with E-state index in [1.54, 1.807) is 37.4 Å². The Morgan fingerprint density at radius 3 is 2.48 bits per heavy atom. The number of esters is 1. The maximum Gasteiger partial charge on any atom is 0.344 e. The molecule has 0 saturated carbocycles. The molecule has 3 rings (SSSR count). The molecule has 0 fully saturated rings. The molecule has 0 amide bonds. The lowest BCUT2D eigenvalue weighted by Crippen LogP contribution is -2.15. The number of hydrogen-bond acceptors (Lipinski definition) is 6. The molecular weight excluding hydrogens is 372 g/mol. The number of rotatable bonds is 9. The molecule has 2 aromatic carbocycles. The van der Waals surface area contributed by atoms with Gasteiger partial charge in [-0.15, -0.1) is 0 Å². The zero-order chi connectivity index (χ0) is 20.6. The standard InChI is InChI=1S/C23H24O6/c1-3-4-5-12-27-23(25)15-28-18-10-11-21-19(13-18)20(24)14-22(29-21)16-6-8-17(26-2)9-7-16/h6-11,13-14H,3-5,12,15H2,1-2H3. The Bertz CT molecular complexity index is 1020. The molecule has 0 N–H and O–H groups in total. The number of ether oxygens (including phenoxy) is 3. The highest BCUT2D eigenvalue weighted by atomic mass is 16.6. The predicted molar refractivity (Wildman–Crippen MR) is 110 cm³/mol. The Balaban J connectivity index is 1.71. The maximum atomic E-state index is 12.6. The summed E-state index contributed by atoms with van der Waals surface area (Å²) in [6.45, 7) is 2.28. The van der Waals surface area contributed by atoms with Gasteiger partial charge in [0.1, 0.15) is 22.8 Å². The minimum absolute atomic E-state index is 0.190. The van der Waals surface area contributed by atoms with Crippen molar-refractivity contribution >= 4 is 16.9 Å². The lowest BCUT2D eigenvalue weighted by molar-refractivity contribution is -0.146. The molecule has 0 atom stereocenters. The average Bonchev–Trinajstić information content (AvgIpc) is 2.75. The van der Waals surface area contributed by atoms with E-state index in [4.69, 9.17) is 18.6 Å². The van der Waals surface area contributed by atoms with Crippen molar-refractivity contribution in [3.63, 3.8) is 0 Å². The molecule has 1 aromatic heterocycles. The fraction of sp³-hybridized carbons (Fsp3) is 0.304. The normalized spacial score (nSPS) is 10.7. The van der Waals surface area contributed by atoms with E-state index < -0.39 is 5.97 Å². The number of benzene rings is 2. The summed E-state index contributed by atoms with van der Waals surface area (Å²) < 4.78 is 21.6. The van der Waals surface area contributed by atoms with Gasteiger partial charge in [-0.25, -0.2) is 4.79 Å². The molecule has 0 spiro atoms. The van der Waals surface area contributed by atoms with Crippen LogP contribution in [0.4, 0.5) is 0 Å². The molecule has 0 aliphatic rings. The van der Waals surface area contributed by atoms with Crippen LogP contribution in [-0.4, -0.2) is 26.3 Å². The van der Waals surface area contributed by atoms with Crippen LogP contribution in [0.15, 0.2) is 57.7 Å². The van der Waals surface area contributed by atoms with E-state index in [0.29, 0.717) is 29.1 Å². The second-order valence-corrected chi connectivity index (χ2v) is 6.58. The third kappa shape index (κ3) is 5.38. The van der Waals surface area contributed by atoms with Gasteiger partial charge in [0.15, 0.2) is 12.0 Å². The largest absolute Gasteiger partial charge is 0.497 e. The molecule has 6 nitrogen and oxygen atoms in total. The second-order valence-electron chi connectivity index (χ2n) is 6.58. The maximum absolute atomic E-state index is 12.6. The summed E-state index contributed by atoms with van der Waals surface area (Å²) in [6.07, 6.45) is 2.93. The topological polar surface area (TPSA) is 75.0 Å². The molecule has 0 aliphatic carbocycles. The molecule has 0 bridgehead atoms. The van der Waals surface area contributed by atoms with Gasteiger partial charge in [-0.3, -0.25) is 4.79 Å². The van der Waals surface area contributed by atoms with Crippen molar-refractivity contribution in [3.05, 3.63) is 58.8 Å². The highest BCUT2D eigenvalue weighted by molar-refractivity contribution is 5.80. The molecule has 152 valence electrons. The van der Waals surface area contributed by atoms with E-state index in [9.17, 15) is 9.59 Å². The third-order valence-corrected chi connectivity index (χ3v) is 4.44. The number of fused-ring (bicyclic) bond motifs is 1. The van der Waals surface area contributed by atoms with Crippen molar-refractivity contribution < 1.29 is 23.4 Å². The Hall–Kier alpha value is -3.28. The second kappa shape index (κ2) is 9.78. The van der Waals surface area contributed by atoms with Crippen LogP contribution in [0, 0.1) is 0 Å². The molecule has 1 heterocycles. The zero-order valence-corrected chi connectivity index (χ0v) is 16.6. The SMILES string of the molecule is CCCCCOC(=O)COc1ccc2oc(-c3ccc(OC)cc3)cc(=O)c2c1. The van der Waals surface area contributed by atoms with Crippen molar-refractivity contribution in [1.82, 2.24) is 0 Å². The molecule has 3 aromatic rings. The molecule has 0 unspecified atom stereocenters. The first kappa shape index (κ1) is 20.5. The van der Waals surface area contributed by atoms with Gasteiger partial charge < -0.3 is 18.6 Å². The van der Waals surface area contributed by atoms with E-state index in [0.717, 1.165) is 30.6 Å². The molecular formula is C23H24O6. The van der Waals surface area contributed by atoms with E-state index >= 15 is 0 Å². The first-order chi connectivity index (χ1) is 14.1. The van der Waals surface area contributed by atoms with Crippen LogP contribution in [0.5, 0.6) is 11.5 Å². The summed E-state index contributed by atoms with van der Waals surface area (Å²) >= 11 is 0. The summed E-state index contributed by atoms with van der Waals surface area (Å²) in [4.78, 5) is 24.3. The smallest absolute Gasteiger partial charge is 0.344 e.